The first-order valence-electron chi connectivity index (χ1n) is 19.3. The third kappa shape index (κ3) is 4.82. The van der Waals surface area contributed by atoms with Crippen molar-refractivity contribution >= 4 is 65.6 Å². The molecule has 0 spiro atoms. The number of benzene rings is 8. The van der Waals surface area contributed by atoms with Gasteiger partial charge in [0.25, 0.3) is 0 Å². The molecule has 266 valence electrons. The fourth-order valence-electron chi connectivity index (χ4n) is 8.86. The summed E-state index contributed by atoms with van der Waals surface area (Å²) in [6.45, 7) is 0. The van der Waals surface area contributed by atoms with Crippen LogP contribution in [0.5, 0.6) is 0 Å². The standard InChI is InChI=1S/C52H32N4O/c1-3-15-33(16-4-1)43-32-44(41-24-14-28-48-49(41)42-23-9-12-27-47(42)57-48)54-52(53-43)34-17-13-20-36(31-34)56-46-26-11-8-22-38(46)40-30-29-39-37-21-7-10-25-45(37)55(50(39)51(40)56)35-18-5-2-6-19-35/h1-32H. The first-order valence-corrected chi connectivity index (χ1v) is 19.3. The van der Waals surface area contributed by atoms with E-state index >= 15 is 0 Å². The Hall–Kier alpha value is -7.76. The first-order chi connectivity index (χ1) is 28.3. The number of hydrogen-bond acceptors (Lipinski definition) is 3. The highest BCUT2D eigenvalue weighted by Crippen LogP contribution is 2.42. The molecule has 0 unspecified atom stereocenters. The Bertz CT molecular complexity index is 3520. The molecular weight excluding hydrogens is 697 g/mol. The molecule has 5 heteroatoms. The molecule has 57 heavy (non-hydrogen) atoms. The van der Waals surface area contributed by atoms with Crippen LogP contribution in [0.15, 0.2) is 199 Å². The molecule has 0 fully saturated rings. The van der Waals surface area contributed by atoms with E-state index in [0.29, 0.717) is 5.82 Å². The summed E-state index contributed by atoms with van der Waals surface area (Å²) < 4.78 is 11.2. The van der Waals surface area contributed by atoms with Crippen LogP contribution < -0.4 is 0 Å². The van der Waals surface area contributed by atoms with Crippen LogP contribution in [0.1, 0.15) is 0 Å². The topological polar surface area (TPSA) is 48.8 Å². The molecule has 8 aromatic carbocycles. The van der Waals surface area contributed by atoms with Gasteiger partial charge in [-0.1, -0.05) is 140 Å². The lowest BCUT2D eigenvalue weighted by molar-refractivity contribution is 0.669. The maximum absolute atomic E-state index is 6.31. The lowest BCUT2D eigenvalue weighted by atomic mass is 10.0. The van der Waals surface area contributed by atoms with Crippen molar-refractivity contribution in [2.24, 2.45) is 0 Å². The molecule has 12 aromatic rings. The molecule has 0 N–H and O–H groups in total. The van der Waals surface area contributed by atoms with Gasteiger partial charge in [-0.3, -0.25) is 0 Å². The Balaban J connectivity index is 1.13. The van der Waals surface area contributed by atoms with Gasteiger partial charge in [0.1, 0.15) is 11.2 Å². The van der Waals surface area contributed by atoms with Crippen LogP contribution in [0, 0.1) is 0 Å². The van der Waals surface area contributed by atoms with Crippen LogP contribution >= 0.6 is 0 Å². The highest BCUT2D eigenvalue weighted by atomic mass is 16.3. The van der Waals surface area contributed by atoms with E-state index in [2.05, 4.69) is 173 Å². The summed E-state index contributed by atoms with van der Waals surface area (Å²) in [5.74, 6) is 0.655. The number of rotatable bonds is 5. The summed E-state index contributed by atoms with van der Waals surface area (Å²) >= 11 is 0. The lowest BCUT2D eigenvalue weighted by Gasteiger charge is -2.14. The third-order valence-corrected chi connectivity index (χ3v) is 11.3. The van der Waals surface area contributed by atoms with Crippen molar-refractivity contribution in [2.45, 2.75) is 0 Å². The summed E-state index contributed by atoms with van der Waals surface area (Å²) in [5.41, 5.74) is 13.2. The Labute approximate surface area is 327 Å². The van der Waals surface area contributed by atoms with E-state index in [9.17, 15) is 0 Å². The predicted octanol–water partition coefficient (Wildman–Crippen LogP) is 13.6. The maximum atomic E-state index is 6.31. The van der Waals surface area contributed by atoms with Gasteiger partial charge in [-0.2, -0.15) is 0 Å². The van der Waals surface area contributed by atoms with Crippen LogP contribution in [-0.2, 0) is 0 Å². The van der Waals surface area contributed by atoms with E-state index in [-0.39, 0.29) is 0 Å². The summed E-state index contributed by atoms with van der Waals surface area (Å²) in [7, 11) is 0. The highest BCUT2D eigenvalue weighted by Gasteiger charge is 2.22. The zero-order valence-corrected chi connectivity index (χ0v) is 30.7. The number of fused-ring (bicyclic) bond motifs is 10. The summed E-state index contributed by atoms with van der Waals surface area (Å²) in [5, 5.41) is 6.96. The zero-order chi connectivity index (χ0) is 37.5. The van der Waals surface area contributed by atoms with Gasteiger partial charge >= 0.3 is 0 Å². The second-order valence-electron chi connectivity index (χ2n) is 14.6. The molecule has 0 saturated heterocycles. The van der Waals surface area contributed by atoms with Crippen LogP contribution in [0.25, 0.3) is 111 Å². The van der Waals surface area contributed by atoms with E-state index in [4.69, 9.17) is 14.4 Å². The fraction of sp³-hybridized carbons (Fsp3) is 0. The monoisotopic (exact) mass is 728 g/mol. The molecule has 4 aromatic heterocycles. The van der Waals surface area contributed by atoms with Gasteiger partial charge < -0.3 is 13.6 Å². The average molecular weight is 729 g/mol. The Morgan fingerprint density at radius 1 is 0.368 bits per heavy atom. The van der Waals surface area contributed by atoms with Gasteiger partial charge in [0, 0.05) is 60.4 Å². The van der Waals surface area contributed by atoms with Crippen molar-refractivity contribution in [2.75, 3.05) is 0 Å². The average Bonchev–Trinajstić information content (AvgIpc) is 3.95. The molecule has 0 saturated carbocycles. The minimum absolute atomic E-state index is 0.655. The Kier molecular flexibility index (Phi) is 6.86. The molecular formula is C52H32N4O. The molecule has 0 aliphatic carbocycles. The number of aromatic nitrogens is 4. The lowest BCUT2D eigenvalue weighted by Crippen LogP contribution is -2.00. The Morgan fingerprint density at radius 2 is 0.912 bits per heavy atom. The van der Waals surface area contributed by atoms with Crippen molar-refractivity contribution in [3.05, 3.63) is 194 Å². The van der Waals surface area contributed by atoms with Crippen molar-refractivity contribution in [1.82, 2.24) is 19.1 Å². The van der Waals surface area contributed by atoms with Crippen molar-refractivity contribution < 1.29 is 4.42 Å². The normalized spacial score (nSPS) is 11.9. The van der Waals surface area contributed by atoms with Crippen LogP contribution in [0.2, 0.25) is 0 Å². The van der Waals surface area contributed by atoms with E-state index in [1.165, 1.54) is 32.6 Å². The molecule has 0 amide bonds. The molecule has 0 atom stereocenters. The van der Waals surface area contributed by atoms with Crippen molar-refractivity contribution in [3.63, 3.8) is 0 Å². The maximum Gasteiger partial charge on any atom is 0.160 e. The number of hydrogen-bond donors (Lipinski definition) is 0. The van der Waals surface area contributed by atoms with Gasteiger partial charge in [0.05, 0.1) is 33.5 Å². The molecule has 0 aliphatic heterocycles. The van der Waals surface area contributed by atoms with Gasteiger partial charge in [-0.25, -0.2) is 9.97 Å². The highest BCUT2D eigenvalue weighted by molar-refractivity contribution is 6.24. The zero-order valence-electron chi connectivity index (χ0n) is 30.7. The molecule has 4 heterocycles. The first kappa shape index (κ1) is 31.6. The molecule has 0 bridgehead atoms. The number of nitrogens with zero attached hydrogens (tertiary/aromatic N) is 4. The predicted molar refractivity (Wildman–Crippen MR) is 234 cm³/mol. The van der Waals surface area contributed by atoms with E-state index in [1.54, 1.807) is 0 Å². The Morgan fingerprint density at radius 3 is 1.65 bits per heavy atom. The smallest absolute Gasteiger partial charge is 0.160 e. The minimum atomic E-state index is 0.655. The minimum Gasteiger partial charge on any atom is -0.456 e. The molecule has 12 rings (SSSR count). The molecule has 0 radical (unpaired) electrons. The summed E-state index contributed by atoms with van der Waals surface area (Å²) in [6.07, 6.45) is 0. The third-order valence-electron chi connectivity index (χ3n) is 11.3. The second-order valence-corrected chi connectivity index (χ2v) is 14.6. The van der Waals surface area contributed by atoms with E-state index in [0.717, 1.165) is 72.4 Å². The van der Waals surface area contributed by atoms with Crippen LogP contribution in [-0.4, -0.2) is 19.1 Å². The van der Waals surface area contributed by atoms with Gasteiger partial charge in [-0.15, -0.1) is 0 Å². The molecule has 5 nitrogen and oxygen atoms in total. The van der Waals surface area contributed by atoms with E-state index in [1.807, 2.05) is 30.3 Å². The number of para-hydroxylation sites is 4. The quantitative estimate of drug-likeness (QED) is 0.177. The van der Waals surface area contributed by atoms with Crippen molar-refractivity contribution in [3.8, 4) is 45.3 Å². The van der Waals surface area contributed by atoms with Crippen LogP contribution in [0.4, 0.5) is 0 Å². The summed E-state index contributed by atoms with van der Waals surface area (Å²) in [4.78, 5) is 10.6. The van der Waals surface area contributed by atoms with E-state index < -0.39 is 0 Å². The summed E-state index contributed by atoms with van der Waals surface area (Å²) in [6, 6.07) is 68.3. The van der Waals surface area contributed by atoms with Crippen molar-refractivity contribution in [1.29, 1.82) is 0 Å². The van der Waals surface area contributed by atoms with Crippen LogP contribution in [0.3, 0.4) is 0 Å². The SMILES string of the molecule is c1ccc(-c2cc(-c3cccc4oc5ccccc5c34)nc(-c3cccc(-n4c5ccccc5c5ccc6c7ccccc7n(-c7ccccc7)c6c54)c3)n2)cc1. The van der Waals surface area contributed by atoms with Gasteiger partial charge in [0.2, 0.25) is 0 Å². The fourth-order valence-corrected chi connectivity index (χ4v) is 8.86. The number of furan rings is 1. The largest absolute Gasteiger partial charge is 0.456 e. The second kappa shape index (κ2) is 12.4. The molecule has 0 aliphatic rings. The van der Waals surface area contributed by atoms with Gasteiger partial charge in [0.15, 0.2) is 5.82 Å². The van der Waals surface area contributed by atoms with Gasteiger partial charge in [-0.05, 0) is 54.6 Å².